The molecule has 2 aromatic heterocycles. The number of Topliss-reactive ketones (excluding diaryl/α,β-unsaturated/α-hetero) is 1. The second-order valence-corrected chi connectivity index (χ2v) is 13.1. The molecule has 1 saturated heterocycles. The lowest BCUT2D eigenvalue weighted by atomic mass is 10.00. The first-order valence-electron chi connectivity index (χ1n) is 17.5. The summed E-state index contributed by atoms with van der Waals surface area (Å²) in [6, 6.07) is 13.1. The molecular weight excluding hydrogens is 626 g/mol. The number of benzene rings is 2. The predicted octanol–water partition coefficient (Wildman–Crippen LogP) is 8.26. The summed E-state index contributed by atoms with van der Waals surface area (Å²) in [5, 5.41) is 8.21. The fourth-order valence-corrected chi connectivity index (χ4v) is 6.79. The van der Waals surface area contributed by atoms with Crippen LogP contribution in [0, 0.1) is 6.92 Å². The van der Waals surface area contributed by atoms with E-state index in [4.69, 9.17) is 16.3 Å². The number of halogens is 1. The lowest BCUT2D eigenvalue weighted by Gasteiger charge is -2.27. The van der Waals surface area contributed by atoms with Gasteiger partial charge in [-0.3, -0.25) is 19.1 Å². The van der Waals surface area contributed by atoms with E-state index in [0.717, 1.165) is 36.0 Å². The number of morpholine rings is 1. The number of anilines is 1. The van der Waals surface area contributed by atoms with Gasteiger partial charge < -0.3 is 19.5 Å². The average molecular weight is 674 g/mol. The highest BCUT2D eigenvalue weighted by atomic mass is 35.5. The number of hydrogen-bond donors (Lipinski definition) is 1. The SMILES string of the molecule is CCCCCCCCCCCCn1c(C)c(C(=O)C(C(=O)Nc2cc(C(=O)N3CCOCC3)ccc2Cl)n2cccn2)c2ccccc21. The first kappa shape index (κ1) is 35.4. The second kappa shape index (κ2) is 17.4. The zero-order valence-corrected chi connectivity index (χ0v) is 29.0. The molecule has 2 aromatic carbocycles. The number of carbonyl (C=O) groups excluding carboxylic acids is 3. The lowest BCUT2D eigenvalue weighted by Crippen LogP contribution is -2.40. The number of unbranched alkanes of at least 4 members (excludes halogenated alkanes) is 9. The van der Waals surface area contributed by atoms with Gasteiger partial charge in [0.15, 0.2) is 11.8 Å². The molecule has 9 nitrogen and oxygen atoms in total. The number of ketones is 1. The van der Waals surface area contributed by atoms with E-state index in [1.807, 2.05) is 31.2 Å². The Morgan fingerprint density at radius 3 is 2.29 bits per heavy atom. The highest BCUT2D eigenvalue weighted by Gasteiger charge is 2.34. The predicted molar refractivity (Wildman–Crippen MR) is 191 cm³/mol. The molecule has 2 amide bonds. The van der Waals surface area contributed by atoms with Crippen molar-refractivity contribution in [3.8, 4) is 0 Å². The Labute approximate surface area is 288 Å². The van der Waals surface area contributed by atoms with Crippen molar-refractivity contribution in [1.82, 2.24) is 19.2 Å². The number of nitrogens with zero attached hydrogens (tertiary/aromatic N) is 4. The summed E-state index contributed by atoms with van der Waals surface area (Å²) in [5.41, 5.74) is 2.97. The Morgan fingerprint density at radius 1 is 0.917 bits per heavy atom. The Balaban J connectivity index is 1.33. The van der Waals surface area contributed by atoms with E-state index < -0.39 is 11.9 Å². The molecule has 0 bridgehead atoms. The number of nitrogens with one attached hydrogen (secondary N) is 1. The summed E-state index contributed by atoms with van der Waals surface area (Å²) in [7, 11) is 0. The van der Waals surface area contributed by atoms with Crippen LogP contribution in [0.1, 0.15) is 104 Å². The van der Waals surface area contributed by atoms with Crippen LogP contribution in [-0.4, -0.2) is 63.1 Å². The van der Waals surface area contributed by atoms with Crippen molar-refractivity contribution in [3.63, 3.8) is 0 Å². The van der Waals surface area contributed by atoms with Gasteiger partial charge in [0.1, 0.15) is 0 Å². The van der Waals surface area contributed by atoms with Crippen molar-refractivity contribution >= 4 is 45.8 Å². The highest BCUT2D eigenvalue weighted by Crippen LogP contribution is 2.31. The van der Waals surface area contributed by atoms with E-state index in [2.05, 4.69) is 21.9 Å². The number of aromatic nitrogens is 3. The third kappa shape index (κ3) is 8.55. The Morgan fingerprint density at radius 2 is 1.60 bits per heavy atom. The second-order valence-electron chi connectivity index (χ2n) is 12.7. The molecule has 3 heterocycles. The largest absolute Gasteiger partial charge is 0.378 e. The molecule has 1 aliphatic heterocycles. The van der Waals surface area contributed by atoms with Gasteiger partial charge in [0.2, 0.25) is 0 Å². The Kier molecular flexibility index (Phi) is 12.9. The molecule has 1 unspecified atom stereocenters. The molecule has 5 rings (SSSR count). The number of amides is 2. The number of fused-ring (bicyclic) bond motifs is 1. The quantitative estimate of drug-likeness (QED) is 0.0691. The van der Waals surface area contributed by atoms with Crippen LogP contribution in [0.25, 0.3) is 10.9 Å². The van der Waals surface area contributed by atoms with Crippen LogP contribution in [-0.2, 0) is 16.1 Å². The minimum atomic E-state index is -1.29. The average Bonchev–Trinajstić information content (AvgIpc) is 3.72. The Bertz CT molecular complexity index is 1680. The van der Waals surface area contributed by atoms with Crippen LogP contribution in [0.3, 0.4) is 0 Å². The zero-order chi connectivity index (χ0) is 33.9. The van der Waals surface area contributed by atoms with Crippen molar-refractivity contribution < 1.29 is 19.1 Å². The summed E-state index contributed by atoms with van der Waals surface area (Å²) in [6.07, 6.45) is 15.7. The summed E-state index contributed by atoms with van der Waals surface area (Å²) in [6.45, 7) is 6.94. The molecule has 1 N–H and O–H groups in total. The van der Waals surface area contributed by atoms with Crippen LogP contribution < -0.4 is 5.32 Å². The van der Waals surface area contributed by atoms with Gasteiger partial charge in [0.25, 0.3) is 11.8 Å². The maximum atomic E-state index is 14.5. The van der Waals surface area contributed by atoms with E-state index in [1.54, 1.807) is 41.6 Å². The lowest BCUT2D eigenvalue weighted by molar-refractivity contribution is -0.118. The highest BCUT2D eigenvalue weighted by molar-refractivity contribution is 6.34. The van der Waals surface area contributed by atoms with Crippen LogP contribution in [0.15, 0.2) is 60.9 Å². The van der Waals surface area contributed by atoms with Gasteiger partial charge in [-0.05, 0) is 43.7 Å². The van der Waals surface area contributed by atoms with Gasteiger partial charge >= 0.3 is 0 Å². The van der Waals surface area contributed by atoms with Crippen LogP contribution in [0.5, 0.6) is 0 Å². The van der Waals surface area contributed by atoms with Gasteiger partial charge in [-0.2, -0.15) is 5.10 Å². The molecule has 0 spiro atoms. The topological polar surface area (TPSA) is 98.5 Å². The molecule has 0 radical (unpaired) electrons. The molecule has 0 aliphatic carbocycles. The summed E-state index contributed by atoms with van der Waals surface area (Å²) in [5.74, 6) is -1.12. The zero-order valence-electron chi connectivity index (χ0n) is 28.3. The molecule has 1 aliphatic rings. The smallest absolute Gasteiger partial charge is 0.257 e. The number of rotatable bonds is 17. The first-order valence-corrected chi connectivity index (χ1v) is 17.9. The van der Waals surface area contributed by atoms with Crippen LogP contribution in [0.2, 0.25) is 5.02 Å². The molecule has 48 heavy (non-hydrogen) atoms. The fraction of sp³-hybridized carbons (Fsp3) is 0.474. The van der Waals surface area contributed by atoms with Gasteiger partial charge in [0, 0.05) is 59.8 Å². The number of carbonyl (C=O) groups is 3. The minimum absolute atomic E-state index is 0.170. The van der Waals surface area contributed by atoms with Gasteiger partial charge in [-0.25, -0.2) is 0 Å². The molecule has 256 valence electrons. The van der Waals surface area contributed by atoms with E-state index in [-0.39, 0.29) is 22.4 Å². The first-order chi connectivity index (χ1) is 23.4. The molecule has 1 atom stereocenters. The maximum absolute atomic E-state index is 14.5. The normalized spacial score (nSPS) is 13.9. The van der Waals surface area contributed by atoms with E-state index in [0.29, 0.717) is 37.4 Å². The minimum Gasteiger partial charge on any atom is -0.378 e. The van der Waals surface area contributed by atoms with Crippen molar-refractivity contribution in [2.75, 3.05) is 31.6 Å². The molecule has 0 saturated carbocycles. The number of hydrogen-bond acceptors (Lipinski definition) is 5. The van der Waals surface area contributed by atoms with Crippen LogP contribution >= 0.6 is 11.6 Å². The van der Waals surface area contributed by atoms with Crippen molar-refractivity contribution in [2.24, 2.45) is 0 Å². The van der Waals surface area contributed by atoms with Gasteiger partial charge in [-0.1, -0.05) is 94.5 Å². The van der Waals surface area contributed by atoms with Crippen LogP contribution in [0.4, 0.5) is 5.69 Å². The Hall–Kier alpha value is -3.95. The number of para-hydroxylation sites is 1. The van der Waals surface area contributed by atoms with E-state index in [9.17, 15) is 14.4 Å². The summed E-state index contributed by atoms with van der Waals surface area (Å²) < 4.78 is 8.96. The standard InChI is InChI=1S/C38H48ClN5O4/c1-3-4-5-6-7-8-9-10-11-14-21-43-28(2)34(30-16-12-13-17-33(30)43)36(45)35(44-22-15-20-40-44)37(46)41-32-27-29(18-19-31(32)39)38(47)42-23-25-48-26-24-42/h12-13,15-20,22,27,35H,3-11,14,21,23-26H2,1-2H3,(H,41,46). The number of ether oxygens (including phenoxy) is 1. The fourth-order valence-electron chi connectivity index (χ4n) is 6.62. The van der Waals surface area contributed by atoms with Gasteiger partial charge in [-0.15, -0.1) is 0 Å². The third-order valence-corrected chi connectivity index (χ3v) is 9.60. The summed E-state index contributed by atoms with van der Waals surface area (Å²) in [4.78, 5) is 43.4. The molecule has 4 aromatic rings. The molecule has 10 heteroatoms. The molecular formula is C38H48ClN5O4. The maximum Gasteiger partial charge on any atom is 0.257 e. The van der Waals surface area contributed by atoms with E-state index in [1.165, 1.54) is 56.0 Å². The third-order valence-electron chi connectivity index (χ3n) is 9.27. The summed E-state index contributed by atoms with van der Waals surface area (Å²) >= 11 is 6.51. The molecule has 1 fully saturated rings. The van der Waals surface area contributed by atoms with Crippen molar-refractivity contribution in [1.29, 1.82) is 0 Å². The number of aryl methyl sites for hydroxylation is 1. The monoisotopic (exact) mass is 673 g/mol. The van der Waals surface area contributed by atoms with Gasteiger partial charge in [0.05, 0.1) is 23.9 Å². The van der Waals surface area contributed by atoms with Crippen molar-refractivity contribution in [2.45, 2.75) is 90.6 Å². The van der Waals surface area contributed by atoms with Crippen molar-refractivity contribution in [3.05, 3.63) is 82.8 Å². The van der Waals surface area contributed by atoms with E-state index >= 15 is 0 Å².